The number of ether oxygens (including phenoxy) is 2. The Hall–Kier alpha value is -2.38. The Balaban J connectivity index is 2.13. The number of rotatable bonds is 6. The summed E-state index contributed by atoms with van der Waals surface area (Å²) in [5.74, 6) is -1.25. The zero-order valence-electron chi connectivity index (χ0n) is 14.0. The number of halogens is 2. The number of anilines is 1. The molecule has 0 unspecified atom stereocenters. The molecular weight excluding hydrogens is 426 g/mol. The van der Waals surface area contributed by atoms with Crippen LogP contribution in [-0.4, -0.2) is 31.4 Å². The summed E-state index contributed by atoms with van der Waals surface area (Å²) in [6.45, 7) is 0.910. The lowest BCUT2D eigenvalue weighted by atomic mass is 10.1. The standard InChI is InChI=1S/C18H15BrClNO5/c1-10(22)21-15-8-17(25-2)13(7-14(15)20)18(24)26-9-16(23)11-3-5-12(19)6-4-11/h3-8H,9H2,1-2H3,(H,21,22). The molecule has 2 aromatic rings. The first-order valence-electron chi connectivity index (χ1n) is 7.43. The van der Waals surface area contributed by atoms with Crippen molar-refractivity contribution in [2.24, 2.45) is 0 Å². The molecule has 6 nitrogen and oxygen atoms in total. The topological polar surface area (TPSA) is 81.7 Å². The van der Waals surface area contributed by atoms with E-state index in [1.165, 1.54) is 26.2 Å². The van der Waals surface area contributed by atoms with Gasteiger partial charge in [-0.15, -0.1) is 0 Å². The van der Waals surface area contributed by atoms with Gasteiger partial charge in [0.25, 0.3) is 0 Å². The zero-order valence-corrected chi connectivity index (χ0v) is 16.3. The summed E-state index contributed by atoms with van der Waals surface area (Å²) >= 11 is 9.35. The quantitative estimate of drug-likeness (QED) is 0.540. The highest BCUT2D eigenvalue weighted by atomic mass is 79.9. The number of benzene rings is 2. The van der Waals surface area contributed by atoms with E-state index in [-0.39, 0.29) is 28.0 Å². The third kappa shape index (κ3) is 5.06. The Labute approximate surface area is 163 Å². The number of Topliss-reactive ketones (excluding diaryl/α,β-unsaturated/α-hetero) is 1. The van der Waals surface area contributed by atoms with Crippen molar-refractivity contribution in [3.8, 4) is 5.75 Å². The number of carbonyl (C=O) groups excluding carboxylic acids is 3. The number of methoxy groups -OCH3 is 1. The second-order valence-corrected chi connectivity index (χ2v) is 6.54. The van der Waals surface area contributed by atoms with Gasteiger partial charge in [-0.3, -0.25) is 9.59 Å². The molecule has 0 aliphatic carbocycles. The predicted octanol–water partition coefficient (Wildman–Crippen LogP) is 4.11. The molecule has 0 bridgehead atoms. The van der Waals surface area contributed by atoms with Crippen LogP contribution in [0.25, 0.3) is 0 Å². The van der Waals surface area contributed by atoms with Gasteiger partial charge in [0, 0.05) is 23.0 Å². The molecule has 1 N–H and O–H groups in total. The molecule has 0 radical (unpaired) electrons. The number of hydrogen-bond donors (Lipinski definition) is 1. The van der Waals surface area contributed by atoms with E-state index in [1.807, 2.05) is 0 Å². The van der Waals surface area contributed by atoms with Crippen LogP contribution in [0.4, 0.5) is 5.69 Å². The predicted molar refractivity (Wildman–Crippen MR) is 101 cm³/mol. The number of carbonyl (C=O) groups is 3. The molecule has 0 saturated carbocycles. The zero-order chi connectivity index (χ0) is 19.3. The molecule has 26 heavy (non-hydrogen) atoms. The number of nitrogens with one attached hydrogen (secondary N) is 1. The first kappa shape index (κ1) is 19.9. The van der Waals surface area contributed by atoms with Crippen molar-refractivity contribution in [3.05, 3.63) is 57.0 Å². The van der Waals surface area contributed by atoms with Gasteiger partial charge in [-0.05, 0) is 18.2 Å². The summed E-state index contributed by atoms with van der Waals surface area (Å²) in [4.78, 5) is 35.6. The molecule has 0 aliphatic heterocycles. The number of hydrogen-bond acceptors (Lipinski definition) is 5. The van der Waals surface area contributed by atoms with E-state index in [9.17, 15) is 14.4 Å². The van der Waals surface area contributed by atoms with Crippen LogP contribution in [0.15, 0.2) is 40.9 Å². The van der Waals surface area contributed by atoms with Crippen LogP contribution in [0.3, 0.4) is 0 Å². The van der Waals surface area contributed by atoms with Crippen LogP contribution in [0.5, 0.6) is 5.75 Å². The summed E-state index contributed by atoms with van der Waals surface area (Å²) in [5.41, 5.74) is 0.778. The van der Waals surface area contributed by atoms with Gasteiger partial charge in [0.2, 0.25) is 5.91 Å². The van der Waals surface area contributed by atoms with E-state index < -0.39 is 12.6 Å². The van der Waals surface area contributed by atoms with Gasteiger partial charge in [-0.1, -0.05) is 39.7 Å². The molecule has 0 atom stereocenters. The summed E-state index contributed by atoms with van der Waals surface area (Å²) in [5, 5.41) is 2.67. The van der Waals surface area contributed by atoms with Crippen molar-refractivity contribution in [3.63, 3.8) is 0 Å². The van der Waals surface area contributed by atoms with E-state index in [1.54, 1.807) is 24.3 Å². The van der Waals surface area contributed by atoms with Crippen LogP contribution in [0.1, 0.15) is 27.6 Å². The minimum atomic E-state index is -0.761. The van der Waals surface area contributed by atoms with E-state index in [2.05, 4.69) is 21.2 Å². The lowest BCUT2D eigenvalue weighted by molar-refractivity contribution is -0.114. The lowest BCUT2D eigenvalue weighted by Crippen LogP contribution is -2.15. The molecular formula is C18H15BrClNO5. The lowest BCUT2D eigenvalue weighted by Gasteiger charge is -2.12. The van der Waals surface area contributed by atoms with E-state index in [0.717, 1.165) is 4.47 Å². The van der Waals surface area contributed by atoms with E-state index >= 15 is 0 Å². The molecule has 0 heterocycles. The van der Waals surface area contributed by atoms with Crippen LogP contribution >= 0.6 is 27.5 Å². The van der Waals surface area contributed by atoms with Crippen LogP contribution in [-0.2, 0) is 9.53 Å². The molecule has 2 aromatic carbocycles. The van der Waals surface area contributed by atoms with Gasteiger partial charge in [0.1, 0.15) is 11.3 Å². The minimum absolute atomic E-state index is 0.0511. The van der Waals surface area contributed by atoms with Crippen LogP contribution < -0.4 is 10.1 Å². The second-order valence-electron chi connectivity index (χ2n) is 5.22. The number of amides is 1. The molecule has 0 spiro atoms. The van der Waals surface area contributed by atoms with Gasteiger partial charge < -0.3 is 14.8 Å². The molecule has 0 fully saturated rings. The van der Waals surface area contributed by atoms with Gasteiger partial charge in [0.15, 0.2) is 12.4 Å². The Morgan fingerprint density at radius 3 is 2.38 bits per heavy atom. The second kappa shape index (κ2) is 8.82. The highest BCUT2D eigenvalue weighted by Gasteiger charge is 2.19. The van der Waals surface area contributed by atoms with Crippen LogP contribution in [0, 0.1) is 0 Å². The van der Waals surface area contributed by atoms with Crippen LogP contribution in [0.2, 0.25) is 5.02 Å². The van der Waals surface area contributed by atoms with Gasteiger partial charge in [0.05, 0.1) is 17.8 Å². The Morgan fingerprint density at radius 2 is 1.81 bits per heavy atom. The Morgan fingerprint density at radius 1 is 1.15 bits per heavy atom. The van der Waals surface area contributed by atoms with Gasteiger partial charge >= 0.3 is 5.97 Å². The molecule has 0 saturated heterocycles. The first-order chi connectivity index (χ1) is 12.3. The molecule has 8 heteroatoms. The fourth-order valence-electron chi connectivity index (χ4n) is 2.10. The highest BCUT2D eigenvalue weighted by molar-refractivity contribution is 9.10. The maximum absolute atomic E-state index is 12.3. The average molecular weight is 441 g/mol. The molecule has 136 valence electrons. The monoisotopic (exact) mass is 439 g/mol. The smallest absolute Gasteiger partial charge is 0.342 e. The normalized spacial score (nSPS) is 10.2. The van der Waals surface area contributed by atoms with Crippen molar-refractivity contribution in [2.45, 2.75) is 6.92 Å². The van der Waals surface area contributed by atoms with Gasteiger partial charge in [-0.2, -0.15) is 0 Å². The van der Waals surface area contributed by atoms with Gasteiger partial charge in [-0.25, -0.2) is 4.79 Å². The van der Waals surface area contributed by atoms with Crippen molar-refractivity contribution in [1.82, 2.24) is 0 Å². The third-order valence-corrected chi connectivity index (χ3v) is 4.16. The maximum atomic E-state index is 12.3. The van der Waals surface area contributed by atoms with Crippen molar-refractivity contribution < 1.29 is 23.9 Å². The molecule has 2 rings (SSSR count). The highest BCUT2D eigenvalue weighted by Crippen LogP contribution is 2.31. The summed E-state index contributed by atoms with van der Waals surface area (Å²) in [6, 6.07) is 9.42. The van der Waals surface area contributed by atoms with E-state index in [0.29, 0.717) is 11.3 Å². The van der Waals surface area contributed by atoms with Crippen molar-refractivity contribution in [2.75, 3.05) is 19.0 Å². The SMILES string of the molecule is COc1cc(NC(C)=O)c(Cl)cc1C(=O)OCC(=O)c1ccc(Br)cc1. The molecule has 0 aliphatic rings. The fraction of sp³-hybridized carbons (Fsp3) is 0.167. The average Bonchev–Trinajstić information content (AvgIpc) is 2.61. The molecule has 1 amide bonds. The van der Waals surface area contributed by atoms with E-state index in [4.69, 9.17) is 21.1 Å². The summed E-state index contributed by atoms with van der Waals surface area (Å²) in [6.07, 6.45) is 0. The third-order valence-electron chi connectivity index (χ3n) is 3.32. The summed E-state index contributed by atoms with van der Waals surface area (Å²) in [7, 11) is 1.37. The Kier molecular flexibility index (Phi) is 6.76. The fourth-order valence-corrected chi connectivity index (χ4v) is 2.57. The first-order valence-corrected chi connectivity index (χ1v) is 8.60. The minimum Gasteiger partial charge on any atom is -0.496 e. The number of ketones is 1. The molecule has 0 aromatic heterocycles. The summed E-state index contributed by atoms with van der Waals surface area (Å²) < 4.78 is 11.1. The Bertz CT molecular complexity index is 851. The van der Waals surface area contributed by atoms with Crippen molar-refractivity contribution in [1.29, 1.82) is 0 Å². The van der Waals surface area contributed by atoms with Crippen molar-refractivity contribution >= 4 is 50.9 Å². The maximum Gasteiger partial charge on any atom is 0.342 e. The largest absolute Gasteiger partial charge is 0.496 e. The number of esters is 1.